The predicted octanol–water partition coefficient (Wildman–Crippen LogP) is 1.32. The first-order chi connectivity index (χ1) is 7.19. The summed E-state index contributed by atoms with van der Waals surface area (Å²) in [7, 11) is 0. The van der Waals surface area contributed by atoms with Crippen LogP contribution in [0.25, 0.3) is 0 Å². The standard InChI is InChI=1S/C10H17NO4/c1-4-13-9-6-8(7(3)11-15-9)10(12)14-5-2/h8-9H,4-6H2,1-3H3/t8-,9+/m1/s1. The van der Waals surface area contributed by atoms with E-state index in [0.29, 0.717) is 25.3 Å². The summed E-state index contributed by atoms with van der Waals surface area (Å²) in [5.74, 6) is -0.595. The topological polar surface area (TPSA) is 57.1 Å². The zero-order valence-electron chi connectivity index (χ0n) is 9.36. The Balaban J connectivity index is 2.59. The monoisotopic (exact) mass is 215 g/mol. The van der Waals surface area contributed by atoms with Gasteiger partial charge in [0.2, 0.25) is 6.29 Å². The van der Waals surface area contributed by atoms with Gasteiger partial charge in [-0.1, -0.05) is 5.16 Å². The van der Waals surface area contributed by atoms with E-state index in [9.17, 15) is 4.79 Å². The van der Waals surface area contributed by atoms with E-state index in [4.69, 9.17) is 14.3 Å². The minimum absolute atomic E-state index is 0.258. The second-order valence-corrected chi connectivity index (χ2v) is 3.26. The summed E-state index contributed by atoms with van der Waals surface area (Å²) in [4.78, 5) is 16.6. The maximum Gasteiger partial charge on any atom is 0.315 e. The van der Waals surface area contributed by atoms with Crippen LogP contribution in [0.4, 0.5) is 0 Å². The summed E-state index contributed by atoms with van der Waals surface area (Å²) in [6, 6.07) is 0. The Hall–Kier alpha value is -1.10. The van der Waals surface area contributed by atoms with Crippen molar-refractivity contribution in [3.05, 3.63) is 0 Å². The van der Waals surface area contributed by atoms with Gasteiger partial charge in [0.25, 0.3) is 0 Å². The molecule has 0 bridgehead atoms. The maximum atomic E-state index is 11.5. The fourth-order valence-corrected chi connectivity index (χ4v) is 1.41. The van der Waals surface area contributed by atoms with Crippen molar-refractivity contribution < 1.29 is 19.1 Å². The van der Waals surface area contributed by atoms with Gasteiger partial charge in [-0.2, -0.15) is 0 Å². The Labute approximate surface area is 89.4 Å². The minimum Gasteiger partial charge on any atom is -0.465 e. The van der Waals surface area contributed by atoms with E-state index in [2.05, 4.69) is 5.16 Å². The van der Waals surface area contributed by atoms with E-state index in [1.54, 1.807) is 13.8 Å². The molecule has 15 heavy (non-hydrogen) atoms. The normalized spacial score (nSPS) is 25.4. The van der Waals surface area contributed by atoms with Crippen LogP contribution in [-0.2, 0) is 19.1 Å². The van der Waals surface area contributed by atoms with Crippen molar-refractivity contribution in [2.75, 3.05) is 13.2 Å². The third kappa shape index (κ3) is 3.20. The molecule has 2 atom stereocenters. The van der Waals surface area contributed by atoms with Gasteiger partial charge in [-0.3, -0.25) is 4.79 Å². The molecule has 1 aliphatic rings. The first-order valence-corrected chi connectivity index (χ1v) is 5.17. The SMILES string of the molecule is CCOC(=O)[C@@H]1C[C@@H](OCC)ON=C1C. The van der Waals surface area contributed by atoms with Gasteiger partial charge in [-0.15, -0.1) is 0 Å². The van der Waals surface area contributed by atoms with Crippen molar-refractivity contribution in [1.82, 2.24) is 0 Å². The molecule has 1 rings (SSSR count). The maximum absolute atomic E-state index is 11.5. The molecule has 0 saturated carbocycles. The molecule has 5 nitrogen and oxygen atoms in total. The lowest BCUT2D eigenvalue weighted by Crippen LogP contribution is -2.34. The van der Waals surface area contributed by atoms with E-state index < -0.39 is 6.29 Å². The summed E-state index contributed by atoms with van der Waals surface area (Å²) >= 11 is 0. The van der Waals surface area contributed by atoms with Gasteiger partial charge < -0.3 is 14.3 Å². The van der Waals surface area contributed by atoms with Gasteiger partial charge in [0, 0.05) is 13.0 Å². The number of rotatable bonds is 4. The van der Waals surface area contributed by atoms with Crippen LogP contribution in [0.15, 0.2) is 5.16 Å². The molecule has 0 aromatic heterocycles. The summed E-state index contributed by atoms with van der Waals surface area (Å²) < 4.78 is 10.2. The highest BCUT2D eigenvalue weighted by Crippen LogP contribution is 2.20. The van der Waals surface area contributed by atoms with Crippen molar-refractivity contribution in [3.63, 3.8) is 0 Å². The number of nitrogens with zero attached hydrogens (tertiary/aromatic N) is 1. The van der Waals surface area contributed by atoms with Crippen LogP contribution < -0.4 is 0 Å². The molecule has 1 aliphatic heterocycles. The first-order valence-electron chi connectivity index (χ1n) is 5.17. The van der Waals surface area contributed by atoms with E-state index in [1.165, 1.54) is 0 Å². The number of oxime groups is 1. The number of hydrogen-bond acceptors (Lipinski definition) is 5. The number of carbonyl (C=O) groups excluding carboxylic acids is 1. The summed E-state index contributed by atoms with van der Waals surface area (Å²) in [6.45, 7) is 6.32. The summed E-state index contributed by atoms with van der Waals surface area (Å²) in [5, 5.41) is 3.81. The smallest absolute Gasteiger partial charge is 0.315 e. The highest BCUT2D eigenvalue weighted by molar-refractivity contribution is 6.00. The molecular weight excluding hydrogens is 198 g/mol. The molecule has 0 saturated heterocycles. The molecule has 0 radical (unpaired) electrons. The molecule has 0 aromatic carbocycles. The fourth-order valence-electron chi connectivity index (χ4n) is 1.41. The molecule has 0 aliphatic carbocycles. The molecule has 86 valence electrons. The quantitative estimate of drug-likeness (QED) is 0.664. The molecule has 0 fully saturated rings. The molecule has 5 heteroatoms. The van der Waals surface area contributed by atoms with Gasteiger partial charge >= 0.3 is 5.97 Å². The third-order valence-electron chi connectivity index (χ3n) is 2.17. The zero-order valence-corrected chi connectivity index (χ0v) is 9.36. The molecule has 0 aromatic rings. The van der Waals surface area contributed by atoms with Crippen LogP contribution in [0.1, 0.15) is 27.2 Å². The van der Waals surface area contributed by atoms with E-state index in [-0.39, 0.29) is 11.9 Å². The van der Waals surface area contributed by atoms with Crippen molar-refractivity contribution in [1.29, 1.82) is 0 Å². The number of hydrogen-bond donors (Lipinski definition) is 0. The van der Waals surface area contributed by atoms with Crippen LogP contribution >= 0.6 is 0 Å². The lowest BCUT2D eigenvalue weighted by atomic mass is 9.99. The van der Waals surface area contributed by atoms with Crippen LogP contribution in [-0.4, -0.2) is 31.2 Å². The van der Waals surface area contributed by atoms with Crippen molar-refractivity contribution in [2.24, 2.45) is 11.1 Å². The Morgan fingerprint density at radius 1 is 1.53 bits per heavy atom. The van der Waals surface area contributed by atoms with Gasteiger partial charge in [0.1, 0.15) is 5.92 Å². The molecule has 0 spiro atoms. The molecule has 0 N–H and O–H groups in total. The molecule has 1 heterocycles. The largest absolute Gasteiger partial charge is 0.465 e. The predicted molar refractivity (Wildman–Crippen MR) is 54.3 cm³/mol. The van der Waals surface area contributed by atoms with Gasteiger partial charge in [0.15, 0.2) is 0 Å². The first kappa shape index (κ1) is 12.0. The zero-order chi connectivity index (χ0) is 11.3. The lowest BCUT2D eigenvalue weighted by molar-refractivity contribution is -0.168. The van der Waals surface area contributed by atoms with Crippen molar-refractivity contribution in [3.8, 4) is 0 Å². The Bertz CT molecular complexity index is 252. The number of ether oxygens (including phenoxy) is 2. The Morgan fingerprint density at radius 3 is 2.87 bits per heavy atom. The molecule has 0 amide bonds. The van der Waals surface area contributed by atoms with Gasteiger partial charge in [-0.25, -0.2) is 0 Å². The Kier molecular flexibility index (Phi) is 4.55. The highest BCUT2D eigenvalue weighted by Gasteiger charge is 2.32. The van der Waals surface area contributed by atoms with Crippen molar-refractivity contribution >= 4 is 11.7 Å². The second kappa shape index (κ2) is 5.70. The lowest BCUT2D eigenvalue weighted by Gasteiger charge is -2.25. The van der Waals surface area contributed by atoms with Crippen LogP contribution in [0, 0.1) is 5.92 Å². The summed E-state index contributed by atoms with van der Waals surface area (Å²) in [5.41, 5.74) is 0.643. The molecule has 0 unspecified atom stereocenters. The van der Waals surface area contributed by atoms with E-state index in [0.717, 1.165) is 0 Å². The highest BCUT2D eigenvalue weighted by atomic mass is 16.8. The van der Waals surface area contributed by atoms with E-state index in [1.807, 2.05) is 6.92 Å². The average Bonchev–Trinajstić information content (AvgIpc) is 2.21. The van der Waals surface area contributed by atoms with Crippen LogP contribution in [0.3, 0.4) is 0 Å². The van der Waals surface area contributed by atoms with E-state index >= 15 is 0 Å². The molecular formula is C10H17NO4. The summed E-state index contributed by atoms with van der Waals surface area (Å²) in [6.07, 6.45) is 0.0373. The van der Waals surface area contributed by atoms with Crippen molar-refractivity contribution in [2.45, 2.75) is 33.5 Å². The van der Waals surface area contributed by atoms with Gasteiger partial charge in [0.05, 0.1) is 12.3 Å². The minimum atomic E-state index is -0.437. The van der Waals surface area contributed by atoms with Gasteiger partial charge in [-0.05, 0) is 20.8 Å². The number of esters is 1. The second-order valence-electron chi connectivity index (χ2n) is 3.26. The Morgan fingerprint density at radius 2 is 2.27 bits per heavy atom. The van der Waals surface area contributed by atoms with Crippen LogP contribution in [0.5, 0.6) is 0 Å². The average molecular weight is 215 g/mol. The third-order valence-corrected chi connectivity index (χ3v) is 2.17. The van der Waals surface area contributed by atoms with Crippen LogP contribution in [0.2, 0.25) is 0 Å². The fraction of sp³-hybridized carbons (Fsp3) is 0.800. The number of carbonyl (C=O) groups is 1.